The number of sulfonamides is 1. The number of likely N-dealkylation sites (tertiary alicyclic amines) is 1. The molecule has 8 nitrogen and oxygen atoms in total. The van der Waals surface area contributed by atoms with E-state index in [0.717, 1.165) is 35.7 Å². The van der Waals surface area contributed by atoms with Crippen molar-refractivity contribution in [3.05, 3.63) is 16.2 Å². The molecule has 11 heteroatoms. The summed E-state index contributed by atoms with van der Waals surface area (Å²) < 4.78 is 31.6. The van der Waals surface area contributed by atoms with Gasteiger partial charge in [0.25, 0.3) is 0 Å². The van der Waals surface area contributed by atoms with E-state index in [4.69, 9.17) is 16.3 Å². The Morgan fingerprint density at radius 2 is 2.08 bits per heavy atom. The smallest absolute Gasteiger partial charge is 0.224 e. The van der Waals surface area contributed by atoms with E-state index < -0.39 is 10.0 Å². The van der Waals surface area contributed by atoms with Crippen LogP contribution < -0.4 is 9.62 Å². The third kappa shape index (κ3) is 4.10. The van der Waals surface area contributed by atoms with Crippen LogP contribution in [0.15, 0.2) is 6.07 Å². The van der Waals surface area contributed by atoms with Gasteiger partial charge in [0.15, 0.2) is 5.82 Å². The van der Waals surface area contributed by atoms with Crippen LogP contribution in [-0.4, -0.2) is 75.0 Å². The first-order valence-electron chi connectivity index (χ1n) is 8.36. The van der Waals surface area contributed by atoms with Crippen LogP contribution in [0.25, 0.3) is 10.2 Å². The van der Waals surface area contributed by atoms with Gasteiger partial charge in [-0.3, -0.25) is 4.90 Å². The van der Waals surface area contributed by atoms with Crippen molar-refractivity contribution in [3.8, 4) is 0 Å². The van der Waals surface area contributed by atoms with Crippen molar-refractivity contribution in [2.24, 2.45) is 0 Å². The quantitative estimate of drug-likeness (QED) is 0.723. The fourth-order valence-corrected chi connectivity index (χ4v) is 5.38. The van der Waals surface area contributed by atoms with Gasteiger partial charge in [-0.05, 0) is 17.7 Å². The summed E-state index contributed by atoms with van der Waals surface area (Å²) in [4.78, 5) is 14.4. The average molecular weight is 418 g/mol. The summed E-state index contributed by atoms with van der Waals surface area (Å²) in [6, 6.07) is 2.05. The first-order chi connectivity index (χ1) is 12.4. The molecule has 0 aromatic carbocycles. The van der Waals surface area contributed by atoms with Crippen molar-refractivity contribution < 1.29 is 13.2 Å². The monoisotopic (exact) mass is 417 g/mol. The molecule has 26 heavy (non-hydrogen) atoms. The maximum absolute atomic E-state index is 11.3. The van der Waals surface area contributed by atoms with E-state index in [2.05, 4.69) is 30.6 Å². The van der Waals surface area contributed by atoms with E-state index in [9.17, 15) is 8.42 Å². The first kappa shape index (κ1) is 18.3. The second kappa shape index (κ2) is 7.17. The summed E-state index contributed by atoms with van der Waals surface area (Å²) in [6.45, 7) is 5.15. The summed E-state index contributed by atoms with van der Waals surface area (Å²) >= 11 is 7.80. The predicted octanol–water partition coefficient (Wildman–Crippen LogP) is 0.915. The molecule has 1 N–H and O–H groups in total. The van der Waals surface area contributed by atoms with Crippen LogP contribution in [0.1, 0.15) is 4.88 Å². The lowest BCUT2D eigenvalue weighted by atomic mass is 10.1. The molecule has 2 saturated heterocycles. The highest BCUT2D eigenvalue weighted by Crippen LogP contribution is 2.34. The normalized spacial score (nSPS) is 19.8. The van der Waals surface area contributed by atoms with Crippen LogP contribution in [0.4, 0.5) is 5.82 Å². The molecule has 4 heterocycles. The third-order valence-corrected chi connectivity index (χ3v) is 6.44. The van der Waals surface area contributed by atoms with E-state index >= 15 is 0 Å². The molecule has 0 aliphatic carbocycles. The maximum atomic E-state index is 11.3. The number of hydrogen-bond acceptors (Lipinski definition) is 8. The molecule has 0 radical (unpaired) electrons. The zero-order valence-corrected chi connectivity index (χ0v) is 16.7. The Morgan fingerprint density at radius 3 is 2.77 bits per heavy atom. The van der Waals surface area contributed by atoms with Gasteiger partial charge in [-0.1, -0.05) is 0 Å². The highest BCUT2D eigenvalue weighted by molar-refractivity contribution is 7.88. The Hall–Kier alpha value is -1.04. The molecular weight excluding hydrogens is 398 g/mol. The summed E-state index contributed by atoms with van der Waals surface area (Å²) in [5.41, 5.74) is 0.859. The van der Waals surface area contributed by atoms with Gasteiger partial charge in [0, 0.05) is 43.6 Å². The molecule has 0 saturated carbocycles. The zero-order valence-electron chi connectivity index (χ0n) is 14.3. The number of aromatic nitrogens is 2. The predicted molar refractivity (Wildman–Crippen MR) is 103 cm³/mol. The largest absolute Gasteiger partial charge is 0.378 e. The van der Waals surface area contributed by atoms with E-state index in [1.54, 1.807) is 11.3 Å². The minimum atomic E-state index is -3.15. The molecule has 4 rings (SSSR count). The molecule has 142 valence electrons. The lowest BCUT2D eigenvalue weighted by Gasteiger charge is -2.38. The van der Waals surface area contributed by atoms with Gasteiger partial charge >= 0.3 is 0 Å². The summed E-state index contributed by atoms with van der Waals surface area (Å²) in [6.07, 6.45) is 1.19. The van der Waals surface area contributed by atoms with Crippen molar-refractivity contribution in [2.75, 3.05) is 50.5 Å². The number of hydrogen-bond donors (Lipinski definition) is 1. The van der Waals surface area contributed by atoms with E-state index in [1.165, 1.54) is 11.1 Å². The van der Waals surface area contributed by atoms with Crippen LogP contribution in [0.3, 0.4) is 0 Å². The highest BCUT2D eigenvalue weighted by atomic mass is 35.5. The molecule has 0 bridgehead atoms. The summed E-state index contributed by atoms with van der Waals surface area (Å²) in [5.74, 6) is 0.875. The minimum absolute atomic E-state index is 0.00229. The van der Waals surface area contributed by atoms with Crippen molar-refractivity contribution >= 4 is 49.0 Å². The summed E-state index contributed by atoms with van der Waals surface area (Å²) in [7, 11) is -3.15. The number of nitrogens with one attached hydrogen (secondary N) is 1. The minimum Gasteiger partial charge on any atom is -0.378 e. The first-order valence-corrected chi connectivity index (χ1v) is 11.4. The highest BCUT2D eigenvalue weighted by Gasteiger charge is 2.29. The molecule has 2 fully saturated rings. The standard InChI is InChI=1S/C15H20ClN5O3S2/c1-26(22,23)19-10-7-20(8-10)9-11-6-12-13(25-11)14(18-15(16)17-12)21-2-4-24-5-3-21/h6,10,19H,2-5,7-9H2,1H3. The number of rotatable bonds is 5. The van der Waals surface area contributed by atoms with Gasteiger partial charge in [-0.2, -0.15) is 4.98 Å². The van der Waals surface area contributed by atoms with Gasteiger partial charge in [0.1, 0.15) is 0 Å². The van der Waals surface area contributed by atoms with E-state index in [-0.39, 0.29) is 11.3 Å². The Labute approximate surface area is 161 Å². The van der Waals surface area contributed by atoms with Gasteiger partial charge < -0.3 is 9.64 Å². The number of ether oxygens (including phenoxy) is 1. The van der Waals surface area contributed by atoms with E-state index in [0.29, 0.717) is 26.3 Å². The van der Waals surface area contributed by atoms with Crippen LogP contribution >= 0.6 is 22.9 Å². The number of halogens is 1. The SMILES string of the molecule is CS(=O)(=O)NC1CN(Cc2cc3nc(Cl)nc(N4CCOCC4)c3s2)C1. The Morgan fingerprint density at radius 1 is 1.35 bits per heavy atom. The fraction of sp³-hybridized carbons (Fsp3) is 0.600. The zero-order chi connectivity index (χ0) is 18.3. The molecule has 2 aliphatic rings. The number of anilines is 1. The average Bonchev–Trinajstić information content (AvgIpc) is 2.94. The van der Waals surface area contributed by atoms with Gasteiger partial charge in [-0.25, -0.2) is 18.1 Å². The molecule has 0 spiro atoms. The van der Waals surface area contributed by atoms with Crippen LogP contribution in [0, 0.1) is 0 Å². The number of morpholine rings is 1. The Balaban J connectivity index is 1.49. The Kier molecular flexibility index (Phi) is 5.06. The maximum Gasteiger partial charge on any atom is 0.224 e. The molecule has 2 aliphatic heterocycles. The van der Waals surface area contributed by atoms with Crippen molar-refractivity contribution in [1.82, 2.24) is 19.6 Å². The molecule has 0 amide bonds. The summed E-state index contributed by atoms with van der Waals surface area (Å²) in [5, 5.41) is 0.254. The fourth-order valence-electron chi connectivity index (χ4n) is 3.30. The van der Waals surface area contributed by atoms with Gasteiger partial charge in [0.05, 0.1) is 29.7 Å². The third-order valence-electron chi connectivity index (χ3n) is 4.41. The topological polar surface area (TPSA) is 87.7 Å². The number of thiophene rings is 1. The lowest BCUT2D eigenvalue weighted by molar-refractivity contribution is 0.122. The van der Waals surface area contributed by atoms with Crippen molar-refractivity contribution in [2.45, 2.75) is 12.6 Å². The second-order valence-electron chi connectivity index (χ2n) is 6.62. The molecule has 0 unspecified atom stereocenters. The lowest BCUT2D eigenvalue weighted by Crippen LogP contribution is -2.58. The molecule has 0 atom stereocenters. The van der Waals surface area contributed by atoms with Crippen molar-refractivity contribution in [1.29, 1.82) is 0 Å². The number of nitrogens with zero attached hydrogens (tertiary/aromatic N) is 4. The van der Waals surface area contributed by atoms with Gasteiger partial charge in [0.2, 0.25) is 15.3 Å². The van der Waals surface area contributed by atoms with Gasteiger partial charge in [-0.15, -0.1) is 11.3 Å². The molecule has 2 aromatic heterocycles. The van der Waals surface area contributed by atoms with Crippen LogP contribution in [0.5, 0.6) is 0 Å². The molecule has 2 aromatic rings. The molecular formula is C15H20ClN5O3S2. The Bertz CT molecular complexity index is 907. The van der Waals surface area contributed by atoms with Crippen LogP contribution in [-0.2, 0) is 21.3 Å². The second-order valence-corrected chi connectivity index (χ2v) is 9.88. The van der Waals surface area contributed by atoms with E-state index in [1.807, 2.05) is 0 Å². The van der Waals surface area contributed by atoms with Crippen LogP contribution in [0.2, 0.25) is 5.28 Å². The number of fused-ring (bicyclic) bond motifs is 1. The van der Waals surface area contributed by atoms with Crippen molar-refractivity contribution in [3.63, 3.8) is 0 Å².